The number of hydrogen-bond acceptors (Lipinski definition) is 6. The first-order valence-corrected chi connectivity index (χ1v) is 12.5. The van der Waals surface area contributed by atoms with Gasteiger partial charge < -0.3 is 10.4 Å². The van der Waals surface area contributed by atoms with E-state index in [1.54, 1.807) is 18.2 Å². The minimum Gasteiger partial charge on any atom is -0.478 e. The average molecular weight is 685 g/mol. The molecule has 1 heterocycles. The van der Waals surface area contributed by atoms with E-state index in [9.17, 15) is 14.7 Å². The lowest BCUT2D eigenvalue weighted by Crippen LogP contribution is -2.18. The minimum atomic E-state index is -1.24. The molecule has 0 spiro atoms. The number of hydrogen-bond donors (Lipinski definition) is 2. The number of nitriles is 1. The molecule has 0 radical (unpaired) electrons. The van der Waals surface area contributed by atoms with E-state index in [0.717, 1.165) is 14.6 Å². The van der Waals surface area contributed by atoms with Gasteiger partial charge in [-0.25, -0.2) is 9.78 Å². The normalized spacial score (nSPS) is 10.7. The van der Waals surface area contributed by atoms with E-state index in [1.807, 2.05) is 0 Å². The van der Waals surface area contributed by atoms with E-state index in [4.69, 9.17) is 5.26 Å². The number of rotatable bonds is 5. The van der Waals surface area contributed by atoms with E-state index in [1.165, 1.54) is 23.1 Å². The summed E-state index contributed by atoms with van der Waals surface area (Å²) in [5.74, 6) is -1.51. The first kappa shape index (κ1) is 22.7. The van der Waals surface area contributed by atoms with Gasteiger partial charge in [0.25, 0.3) is 5.91 Å². The van der Waals surface area contributed by atoms with Crippen molar-refractivity contribution in [3.63, 3.8) is 0 Å². The number of amides is 1. The number of thiazole rings is 1. The van der Waals surface area contributed by atoms with Gasteiger partial charge in [0.05, 0.1) is 33.2 Å². The van der Waals surface area contributed by atoms with Gasteiger partial charge >= 0.3 is 5.97 Å². The summed E-state index contributed by atoms with van der Waals surface area (Å²) in [5, 5.41) is 21.1. The number of aromatic carboxylic acids is 1. The molecular formula is C17H7Br4N3O3S2. The van der Waals surface area contributed by atoms with E-state index >= 15 is 0 Å². The number of anilines is 1. The summed E-state index contributed by atoms with van der Waals surface area (Å²) in [6.45, 7) is 0. The second kappa shape index (κ2) is 9.45. The monoisotopic (exact) mass is 681 g/mol. The Morgan fingerprint density at radius 1 is 1.14 bits per heavy atom. The second-order valence-electron chi connectivity index (χ2n) is 5.37. The Bertz CT molecular complexity index is 1210. The number of aromatic nitrogens is 1. The van der Waals surface area contributed by atoms with Crippen LogP contribution in [0.3, 0.4) is 0 Å². The third-order valence-electron chi connectivity index (χ3n) is 3.59. The number of carboxylic acids is 1. The van der Waals surface area contributed by atoms with Crippen LogP contribution in [0.15, 0.2) is 40.4 Å². The number of benzene rings is 2. The van der Waals surface area contributed by atoms with Crippen molar-refractivity contribution in [2.45, 2.75) is 4.34 Å². The molecule has 1 aromatic heterocycles. The average Bonchev–Trinajstić information content (AvgIpc) is 3.08. The van der Waals surface area contributed by atoms with Crippen molar-refractivity contribution in [3.8, 4) is 6.07 Å². The van der Waals surface area contributed by atoms with Crippen LogP contribution < -0.4 is 5.32 Å². The molecule has 0 fully saturated rings. The number of nitrogens with one attached hydrogen (secondary N) is 1. The topological polar surface area (TPSA) is 103 Å². The summed E-state index contributed by atoms with van der Waals surface area (Å²) >= 11 is 16.0. The van der Waals surface area contributed by atoms with Gasteiger partial charge in [-0.3, -0.25) is 4.79 Å². The van der Waals surface area contributed by atoms with Crippen molar-refractivity contribution in [1.82, 2.24) is 4.98 Å². The third-order valence-corrected chi connectivity index (χ3v) is 10.4. The summed E-state index contributed by atoms with van der Waals surface area (Å²) in [6.07, 6.45) is 0. The lowest BCUT2D eigenvalue weighted by molar-refractivity contribution is 0.0691. The summed E-state index contributed by atoms with van der Waals surface area (Å²) in [5.41, 5.74) is 1.07. The highest BCUT2D eigenvalue weighted by Crippen LogP contribution is 2.42. The van der Waals surface area contributed by atoms with Crippen molar-refractivity contribution in [2.24, 2.45) is 0 Å². The lowest BCUT2D eigenvalue weighted by Gasteiger charge is -2.14. The lowest BCUT2D eigenvalue weighted by atomic mass is 10.1. The van der Waals surface area contributed by atoms with Crippen LogP contribution in [0.4, 0.5) is 5.69 Å². The van der Waals surface area contributed by atoms with Crippen LogP contribution in [0.1, 0.15) is 20.7 Å². The van der Waals surface area contributed by atoms with E-state index in [-0.39, 0.29) is 15.6 Å². The highest BCUT2D eigenvalue weighted by atomic mass is 79.9. The first-order valence-electron chi connectivity index (χ1n) is 7.55. The molecule has 1 amide bonds. The maximum absolute atomic E-state index is 12.9. The zero-order valence-corrected chi connectivity index (χ0v) is 21.9. The van der Waals surface area contributed by atoms with Crippen LogP contribution in [0.2, 0.25) is 0 Å². The molecule has 2 aromatic carbocycles. The van der Waals surface area contributed by atoms with Gasteiger partial charge in [-0.2, -0.15) is 5.26 Å². The third kappa shape index (κ3) is 4.70. The second-order valence-corrected chi connectivity index (χ2v) is 10.8. The first-order chi connectivity index (χ1) is 13.7. The number of thioether (sulfide) groups is 1. The van der Waals surface area contributed by atoms with E-state index < -0.39 is 11.9 Å². The SMILES string of the molecule is N#CCSc1nc2ccc(NC(=O)c3c(Br)c(Br)c(Br)c(Br)c3C(=O)O)cc2s1. The minimum absolute atomic E-state index is 0.0193. The number of halogens is 4. The zero-order valence-electron chi connectivity index (χ0n) is 13.9. The van der Waals surface area contributed by atoms with Crippen molar-refractivity contribution in [1.29, 1.82) is 5.26 Å². The van der Waals surface area contributed by atoms with Crippen LogP contribution in [-0.2, 0) is 0 Å². The van der Waals surface area contributed by atoms with Crippen molar-refractivity contribution >= 4 is 115 Å². The summed E-state index contributed by atoms with van der Waals surface area (Å²) in [7, 11) is 0. The number of carbonyl (C=O) groups is 2. The Kier molecular flexibility index (Phi) is 7.40. The molecule has 0 atom stereocenters. The molecule has 0 unspecified atom stereocenters. The molecule has 3 rings (SSSR count). The molecule has 29 heavy (non-hydrogen) atoms. The molecule has 0 saturated carbocycles. The van der Waals surface area contributed by atoms with Gasteiger partial charge in [0.1, 0.15) is 0 Å². The van der Waals surface area contributed by atoms with Crippen molar-refractivity contribution < 1.29 is 14.7 Å². The molecule has 3 aromatic rings. The van der Waals surface area contributed by atoms with Crippen LogP contribution >= 0.6 is 86.8 Å². The van der Waals surface area contributed by atoms with Crippen LogP contribution in [0.25, 0.3) is 10.2 Å². The van der Waals surface area contributed by atoms with Gasteiger partial charge in [0.2, 0.25) is 0 Å². The molecule has 0 aliphatic carbocycles. The Morgan fingerprint density at radius 3 is 2.41 bits per heavy atom. The van der Waals surface area contributed by atoms with Gasteiger partial charge in [-0.1, -0.05) is 11.8 Å². The zero-order chi connectivity index (χ0) is 21.3. The van der Waals surface area contributed by atoms with Crippen LogP contribution in [-0.4, -0.2) is 27.7 Å². The number of carbonyl (C=O) groups excluding carboxylic acids is 1. The molecule has 148 valence electrons. The summed E-state index contributed by atoms with van der Waals surface area (Å²) in [4.78, 5) is 29.2. The highest BCUT2D eigenvalue weighted by Gasteiger charge is 2.28. The molecule has 0 bridgehead atoms. The maximum Gasteiger partial charge on any atom is 0.337 e. The van der Waals surface area contributed by atoms with Gasteiger partial charge in [0, 0.05) is 23.6 Å². The number of nitrogens with zero attached hydrogens (tertiary/aromatic N) is 2. The Labute approximate surface area is 206 Å². The quantitative estimate of drug-likeness (QED) is 0.172. The van der Waals surface area contributed by atoms with Crippen LogP contribution in [0.5, 0.6) is 0 Å². The molecule has 0 aliphatic heterocycles. The highest BCUT2D eigenvalue weighted by molar-refractivity contribution is 9.15. The molecule has 6 nitrogen and oxygen atoms in total. The molecular weight excluding hydrogens is 678 g/mol. The van der Waals surface area contributed by atoms with Crippen LogP contribution in [0, 0.1) is 11.3 Å². The maximum atomic E-state index is 12.9. The van der Waals surface area contributed by atoms with Gasteiger partial charge in [0.15, 0.2) is 4.34 Å². The van der Waals surface area contributed by atoms with E-state index in [0.29, 0.717) is 24.9 Å². The fourth-order valence-electron chi connectivity index (χ4n) is 2.38. The smallest absolute Gasteiger partial charge is 0.337 e. The molecule has 2 N–H and O–H groups in total. The summed E-state index contributed by atoms with van der Waals surface area (Å²) < 4.78 is 3.17. The Hall–Kier alpha value is -0.970. The van der Waals surface area contributed by atoms with Crippen molar-refractivity contribution in [2.75, 3.05) is 11.1 Å². The molecule has 0 saturated heterocycles. The largest absolute Gasteiger partial charge is 0.478 e. The predicted octanol–water partition coefficient (Wildman–Crippen LogP) is 6.91. The van der Waals surface area contributed by atoms with Gasteiger partial charge in [-0.05, 0) is 81.9 Å². The standard InChI is InChI=1S/C17H7Br4N3O3S2/c18-11-9(10(16(26)27)12(19)14(21)13(11)20)15(25)23-6-1-2-7-8(5-6)29-17(24-7)28-4-3-22/h1-2,5H,4H2,(H,23,25)(H,26,27). The molecule has 0 aliphatic rings. The fraction of sp³-hybridized carbons (Fsp3) is 0.0588. The van der Waals surface area contributed by atoms with Gasteiger partial charge in [-0.15, -0.1) is 11.3 Å². The Balaban J connectivity index is 1.98. The predicted molar refractivity (Wildman–Crippen MR) is 128 cm³/mol. The van der Waals surface area contributed by atoms with Crippen molar-refractivity contribution in [3.05, 3.63) is 47.2 Å². The number of fused-ring (bicyclic) bond motifs is 1. The number of carboxylic acid groups (broad SMARTS) is 1. The summed E-state index contributed by atoms with van der Waals surface area (Å²) in [6, 6.07) is 7.27. The fourth-order valence-corrected chi connectivity index (χ4v) is 6.61. The molecule has 12 heteroatoms. The Morgan fingerprint density at radius 2 is 1.79 bits per heavy atom. The van der Waals surface area contributed by atoms with E-state index in [2.05, 4.69) is 80.1 Å².